The van der Waals surface area contributed by atoms with Gasteiger partial charge in [0.05, 0.1) is 22.6 Å². The van der Waals surface area contributed by atoms with Gasteiger partial charge in [-0.05, 0) is 41.5 Å². The first-order chi connectivity index (χ1) is 14.2. The van der Waals surface area contributed by atoms with Gasteiger partial charge in [-0.2, -0.15) is 0 Å². The van der Waals surface area contributed by atoms with E-state index < -0.39 is 0 Å². The summed E-state index contributed by atoms with van der Waals surface area (Å²) in [6.07, 6.45) is 3.83. The predicted octanol–water partition coefficient (Wildman–Crippen LogP) is 6.75. The molecule has 3 aromatic heterocycles. The van der Waals surface area contributed by atoms with Gasteiger partial charge in [0.1, 0.15) is 12.6 Å². The second-order valence-electron chi connectivity index (χ2n) is 7.74. The van der Waals surface area contributed by atoms with Crippen LogP contribution in [-0.4, -0.2) is 0 Å². The fourth-order valence-corrected chi connectivity index (χ4v) is 6.11. The standard InChI is InChI=1S/C25H16NO2S/c1-13-15-6-4-3-5-14(15)11-19-21(13)23-22-17(7-9-26(23)2)24-18(12-20(22)29-19)16-8-10-27-25(16)28-24/h3-12H,1-2H3/q+1. The SMILES string of the molecule is Cc1c2c(cc3ccccc13)Sc1cc3c4ccoc4oc3c3cc[n+](C)c-2c13. The van der Waals surface area contributed by atoms with Crippen molar-refractivity contribution in [2.75, 3.05) is 0 Å². The third-order valence-electron chi connectivity index (χ3n) is 6.18. The van der Waals surface area contributed by atoms with E-state index in [0.29, 0.717) is 5.78 Å². The molecule has 1 aliphatic heterocycles. The number of aryl methyl sites for hydroxylation is 2. The zero-order valence-corrected chi connectivity index (χ0v) is 16.8. The van der Waals surface area contributed by atoms with Crippen LogP contribution in [0.4, 0.5) is 0 Å². The van der Waals surface area contributed by atoms with Gasteiger partial charge in [-0.3, -0.25) is 0 Å². The van der Waals surface area contributed by atoms with Gasteiger partial charge in [0.25, 0.3) is 5.78 Å². The second kappa shape index (κ2) is 5.22. The smallest absolute Gasteiger partial charge is 0.298 e. The maximum atomic E-state index is 6.13. The van der Waals surface area contributed by atoms with Crippen LogP contribution in [0.1, 0.15) is 5.56 Å². The van der Waals surface area contributed by atoms with Gasteiger partial charge < -0.3 is 8.83 Å². The Morgan fingerprint density at radius 3 is 2.72 bits per heavy atom. The summed E-state index contributed by atoms with van der Waals surface area (Å²) >= 11 is 1.86. The molecule has 0 fully saturated rings. The number of nitrogens with zero attached hydrogens (tertiary/aromatic N) is 1. The number of furan rings is 2. The molecule has 1 aliphatic rings. The number of hydrogen-bond acceptors (Lipinski definition) is 3. The lowest BCUT2D eigenvalue weighted by molar-refractivity contribution is -0.659. The van der Waals surface area contributed by atoms with Crippen LogP contribution in [0.3, 0.4) is 0 Å². The minimum absolute atomic E-state index is 0.594. The molecule has 29 heavy (non-hydrogen) atoms. The zero-order valence-electron chi connectivity index (χ0n) is 15.9. The largest absolute Gasteiger partial charge is 0.433 e. The molecule has 4 heterocycles. The third-order valence-corrected chi connectivity index (χ3v) is 7.26. The normalized spacial score (nSPS) is 13.0. The first kappa shape index (κ1) is 15.7. The van der Waals surface area contributed by atoms with Crippen LogP contribution < -0.4 is 4.57 Å². The monoisotopic (exact) mass is 394 g/mol. The van der Waals surface area contributed by atoms with E-state index in [4.69, 9.17) is 8.83 Å². The Morgan fingerprint density at radius 2 is 1.79 bits per heavy atom. The van der Waals surface area contributed by atoms with E-state index in [2.05, 4.69) is 67.2 Å². The molecule has 0 saturated carbocycles. The summed E-state index contributed by atoms with van der Waals surface area (Å²) in [7, 11) is 2.13. The maximum Gasteiger partial charge on any atom is 0.298 e. The lowest BCUT2D eigenvalue weighted by atomic mass is 9.94. The molecule has 0 amide bonds. The molecule has 3 aromatic carbocycles. The van der Waals surface area contributed by atoms with Crippen molar-refractivity contribution < 1.29 is 13.4 Å². The first-order valence-corrected chi connectivity index (χ1v) is 10.5. The average Bonchev–Trinajstić information content (AvgIpc) is 3.32. The summed E-state index contributed by atoms with van der Waals surface area (Å²) in [5.41, 5.74) is 4.81. The molecule has 6 aromatic rings. The van der Waals surface area contributed by atoms with Crippen LogP contribution in [-0.2, 0) is 7.05 Å². The van der Waals surface area contributed by atoms with Crippen LogP contribution in [0.15, 0.2) is 79.6 Å². The quantitative estimate of drug-likeness (QED) is 0.267. The number of fused-ring (bicyclic) bond motifs is 7. The first-order valence-electron chi connectivity index (χ1n) is 9.66. The molecule has 0 aliphatic carbocycles. The fraction of sp³-hybridized carbons (Fsp3) is 0.0800. The Labute approximate surface area is 170 Å². The molecular formula is C25H16NO2S+. The zero-order chi connectivity index (χ0) is 19.3. The van der Waals surface area contributed by atoms with E-state index >= 15 is 0 Å². The molecule has 0 unspecified atom stereocenters. The number of hydrogen-bond donors (Lipinski definition) is 0. The Kier molecular flexibility index (Phi) is 2.82. The molecular weight excluding hydrogens is 378 g/mol. The van der Waals surface area contributed by atoms with Gasteiger partial charge in [-0.1, -0.05) is 36.0 Å². The van der Waals surface area contributed by atoms with Crippen molar-refractivity contribution in [2.45, 2.75) is 16.7 Å². The van der Waals surface area contributed by atoms with Crippen molar-refractivity contribution in [3.05, 3.63) is 66.6 Å². The summed E-state index contributed by atoms with van der Waals surface area (Å²) in [6, 6.07) is 17.4. The van der Waals surface area contributed by atoms with Gasteiger partial charge in [0, 0.05) is 26.6 Å². The van der Waals surface area contributed by atoms with Crippen LogP contribution in [0.2, 0.25) is 0 Å². The lowest BCUT2D eigenvalue weighted by Gasteiger charge is -2.21. The summed E-state index contributed by atoms with van der Waals surface area (Å²) < 4.78 is 13.9. The highest BCUT2D eigenvalue weighted by Gasteiger charge is 2.31. The van der Waals surface area contributed by atoms with Crippen LogP contribution >= 0.6 is 11.8 Å². The van der Waals surface area contributed by atoms with Crippen LogP contribution in [0.5, 0.6) is 0 Å². The third kappa shape index (κ3) is 1.87. The van der Waals surface area contributed by atoms with Crippen molar-refractivity contribution in [3.63, 3.8) is 0 Å². The topological polar surface area (TPSA) is 30.2 Å². The predicted molar refractivity (Wildman–Crippen MR) is 116 cm³/mol. The van der Waals surface area contributed by atoms with Crippen molar-refractivity contribution in [1.29, 1.82) is 0 Å². The Morgan fingerprint density at radius 1 is 0.897 bits per heavy atom. The number of rotatable bonds is 0. The molecule has 7 rings (SSSR count). The highest BCUT2D eigenvalue weighted by atomic mass is 32.2. The number of pyridine rings is 1. The second-order valence-corrected chi connectivity index (χ2v) is 8.82. The number of aromatic nitrogens is 1. The van der Waals surface area contributed by atoms with Crippen LogP contribution in [0, 0.1) is 6.92 Å². The molecule has 0 atom stereocenters. The van der Waals surface area contributed by atoms with E-state index in [1.165, 1.54) is 42.8 Å². The van der Waals surface area contributed by atoms with Crippen molar-refractivity contribution >= 4 is 55.4 Å². The van der Waals surface area contributed by atoms with E-state index in [1.807, 2.05) is 17.8 Å². The minimum atomic E-state index is 0.594. The van der Waals surface area contributed by atoms with Gasteiger partial charge in [0.2, 0.25) is 5.69 Å². The summed E-state index contributed by atoms with van der Waals surface area (Å²) in [5.74, 6) is 0.594. The fourth-order valence-electron chi connectivity index (χ4n) is 4.85. The van der Waals surface area contributed by atoms with Gasteiger partial charge in [-0.25, -0.2) is 4.57 Å². The van der Waals surface area contributed by atoms with E-state index in [1.54, 1.807) is 6.26 Å². The van der Waals surface area contributed by atoms with Gasteiger partial charge >= 0.3 is 0 Å². The van der Waals surface area contributed by atoms with Crippen molar-refractivity contribution in [1.82, 2.24) is 0 Å². The Hall–Kier alpha value is -3.24. The molecule has 138 valence electrons. The summed E-state index contributed by atoms with van der Waals surface area (Å²) in [4.78, 5) is 2.58. The Balaban J connectivity index is 1.71. The lowest BCUT2D eigenvalue weighted by Crippen LogP contribution is -2.31. The van der Waals surface area contributed by atoms with Crippen molar-refractivity contribution in [2.24, 2.45) is 7.05 Å². The van der Waals surface area contributed by atoms with Gasteiger partial charge in [0.15, 0.2) is 6.20 Å². The highest BCUT2D eigenvalue weighted by Crippen LogP contribution is 2.51. The molecule has 0 spiro atoms. The Bertz CT molecular complexity index is 1650. The van der Waals surface area contributed by atoms with E-state index in [-0.39, 0.29) is 0 Å². The molecule has 0 saturated heterocycles. The molecule has 0 bridgehead atoms. The van der Waals surface area contributed by atoms with Crippen LogP contribution in [0.25, 0.3) is 54.9 Å². The summed E-state index contributed by atoms with van der Waals surface area (Å²) in [5, 5.41) is 7.15. The average molecular weight is 394 g/mol. The highest BCUT2D eigenvalue weighted by molar-refractivity contribution is 7.99. The number of benzene rings is 3. The molecule has 0 N–H and O–H groups in total. The minimum Gasteiger partial charge on any atom is -0.433 e. The maximum absolute atomic E-state index is 6.13. The molecule has 0 radical (unpaired) electrons. The van der Waals surface area contributed by atoms with Gasteiger partial charge in [-0.15, -0.1) is 0 Å². The molecule has 3 nitrogen and oxygen atoms in total. The van der Waals surface area contributed by atoms with E-state index in [9.17, 15) is 0 Å². The van der Waals surface area contributed by atoms with E-state index in [0.717, 1.165) is 21.7 Å². The van der Waals surface area contributed by atoms with Crippen molar-refractivity contribution in [3.8, 4) is 11.3 Å². The molecule has 4 heteroatoms. The summed E-state index contributed by atoms with van der Waals surface area (Å²) in [6.45, 7) is 2.24.